The maximum absolute atomic E-state index is 10.7. The quantitative estimate of drug-likeness (QED) is 0.829. The second-order valence-corrected chi connectivity index (χ2v) is 6.79. The molecule has 0 spiro atoms. The van der Waals surface area contributed by atoms with Gasteiger partial charge in [0.25, 0.3) is 0 Å². The molecule has 0 radical (unpaired) electrons. The fourth-order valence-electron chi connectivity index (χ4n) is 3.63. The molecule has 3 nitrogen and oxygen atoms in total. The molecule has 0 bridgehead atoms. The van der Waals surface area contributed by atoms with Gasteiger partial charge in [0.15, 0.2) is 0 Å². The molecule has 0 unspecified atom stereocenters. The minimum Gasteiger partial charge on any atom is -0.390 e. The number of rotatable bonds is 5. The summed E-state index contributed by atoms with van der Waals surface area (Å²) in [6.45, 7) is 1.56. The van der Waals surface area contributed by atoms with Crippen LogP contribution in [0.4, 0.5) is 0 Å². The van der Waals surface area contributed by atoms with Crippen LogP contribution in [-0.4, -0.2) is 33.4 Å². The van der Waals surface area contributed by atoms with Crippen molar-refractivity contribution in [2.24, 2.45) is 0 Å². The smallest absolute Gasteiger partial charge is 0.0953 e. The van der Waals surface area contributed by atoms with Crippen molar-refractivity contribution < 1.29 is 10.2 Å². The van der Waals surface area contributed by atoms with Crippen LogP contribution in [0.15, 0.2) is 60.7 Å². The van der Waals surface area contributed by atoms with Crippen LogP contribution in [0.25, 0.3) is 0 Å². The highest BCUT2D eigenvalue weighted by Gasteiger charge is 2.32. The van der Waals surface area contributed by atoms with Gasteiger partial charge >= 0.3 is 0 Å². The van der Waals surface area contributed by atoms with Gasteiger partial charge < -0.3 is 10.2 Å². The first-order valence-electron chi connectivity index (χ1n) is 8.92. The average Bonchev–Trinajstić information content (AvgIpc) is 2.78. The molecule has 2 aromatic rings. The van der Waals surface area contributed by atoms with Crippen LogP contribution in [0.5, 0.6) is 0 Å². The molecule has 1 saturated carbocycles. The zero-order valence-corrected chi connectivity index (χ0v) is 14.1. The Bertz CT molecular complexity index is 560. The molecule has 3 heteroatoms. The van der Waals surface area contributed by atoms with Crippen molar-refractivity contribution in [3.05, 3.63) is 71.8 Å². The molecule has 3 rings (SSSR count). The van der Waals surface area contributed by atoms with Gasteiger partial charge in [0.2, 0.25) is 0 Å². The number of hydrogen-bond acceptors (Lipinski definition) is 3. The van der Waals surface area contributed by atoms with Gasteiger partial charge in [-0.25, -0.2) is 0 Å². The summed E-state index contributed by atoms with van der Waals surface area (Å²) in [5.41, 5.74) is 2.47. The SMILES string of the molecule is O[C@@H]1[C@H](N(Cc2ccccc2)Cc2ccccc2)CCCC[C@@H]1O. The van der Waals surface area contributed by atoms with Gasteiger partial charge in [-0.3, -0.25) is 4.90 Å². The van der Waals surface area contributed by atoms with E-state index < -0.39 is 12.2 Å². The molecule has 0 heterocycles. The van der Waals surface area contributed by atoms with E-state index in [2.05, 4.69) is 29.2 Å². The zero-order chi connectivity index (χ0) is 16.8. The van der Waals surface area contributed by atoms with Crippen LogP contribution in [0.1, 0.15) is 36.8 Å². The lowest BCUT2D eigenvalue weighted by atomic mass is 10.00. The third-order valence-corrected chi connectivity index (χ3v) is 4.96. The van der Waals surface area contributed by atoms with Crippen molar-refractivity contribution in [1.82, 2.24) is 4.90 Å². The molecule has 2 N–H and O–H groups in total. The van der Waals surface area contributed by atoms with Crippen molar-refractivity contribution in [2.45, 2.75) is 57.0 Å². The summed E-state index contributed by atoms with van der Waals surface area (Å²) in [6, 6.07) is 20.7. The molecule has 128 valence electrons. The van der Waals surface area contributed by atoms with Gasteiger partial charge in [-0.15, -0.1) is 0 Å². The summed E-state index contributed by atoms with van der Waals surface area (Å²) in [7, 11) is 0. The van der Waals surface area contributed by atoms with Gasteiger partial charge in [-0.2, -0.15) is 0 Å². The highest BCUT2D eigenvalue weighted by atomic mass is 16.3. The molecule has 2 aromatic carbocycles. The Balaban J connectivity index is 1.82. The van der Waals surface area contributed by atoms with Crippen LogP contribution < -0.4 is 0 Å². The predicted octanol–water partition coefficient (Wildman–Crippen LogP) is 3.35. The van der Waals surface area contributed by atoms with E-state index in [-0.39, 0.29) is 6.04 Å². The van der Waals surface area contributed by atoms with Crippen molar-refractivity contribution >= 4 is 0 Å². The number of hydrogen-bond donors (Lipinski definition) is 2. The minimum absolute atomic E-state index is 0.0112. The van der Waals surface area contributed by atoms with E-state index in [1.165, 1.54) is 11.1 Å². The molecular formula is C21H27NO2. The Kier molecular flexibility index (Phi) is 6.02. The molecule has 1 fully saturated rings. The highest BCUT2D eigenvalue weighted by molar-refractivity contribution is 5.17. The summed E-state index contributed by atoms with van der Waals surface area (Å²) in [5.74, 6) is 0. The Morgan fingerprint density at radius 3 is 1.79 bits per heavy atom. The number of benzene rings is 2. The fraction of sp³-hybridized carbons (Fsp3) is 0.429. The minimum atomic E-state index is -0.681. The van der Waals surface area contributed by atoms with Crippen LogP contribution in [0, 0.1) is 0 Å². The maximum atomic E-state index is 10.7. The van der Waals surface area contributed by atoms with Gasteiger partial charge in [0.1, 0.15) is 0 Å². The topological polar surface area (TPSA) is 43.7 Å². The van der Waals surface area contributed by atoms with E-state index in [0.717, 1.165) is 32.4 Å². The molecule has 0 amide bonds. The first-order valence-corrected chi connectivity index (χ1v) is 8.92. The second-order valence-electron chi connectivity index (χ2n) is 6.79. The molecule has 24 heavy (non-hydrogen) atoms. The van der Waals surface area contributed by atoms with Crippen LogP contribution in [0.2, 0.25) is 0 Å². The zero-order valence-electron chi connectivity index (χ0n) is 14.1. The van der Waals surface area contributed by atoms with Crippen molar-refractivity contribution in [3.63, 3.8) is 0 Å². The van der Waals surface area contributed by atoms with Gasteiger partial charge in [0, 0.05) is 19.1 Å². The molecular weight excluding hydrogens is 298 g/mol. The first kappa shape index (κ1) is 17.2. The lowest BCUT2D eigenvalue weighted by Crippen LogP contribution is -2.47. The van der Waals surface area contributed by atoms with Gasteiger partial charge in [0.05, 0.1) is 12.2 Å². The fourth-order valence-corrected chi connectivity index (χ4v) is 3.63. The number of aliphatic hydroxyl groups excluding tert-OH is 2. The Morgan fingerprint density at radius 2 is 1.25 bits per heavy atom. The third-order valence-electron chi connectivity index (χ3n) is 4.96. The lowest BCUT2D eigenvalue weighted by Gasteiger charge is -2.35. The monoisotopic (exact) mass is 325 g/mol. The van der Waals surface area contributed by atoms with E-state index in [9.17, 15) is 10.2 Å². The molecule has 0 aliphatic heterocycles. The Hall–Kier alpha value is -1.68. The molecule has 0 saturated heterocycles. The highest BCUT2D eigenvalue weighted by Crippen LogP contribution is 2.26. The van der Waals surface area contributed by atoms with Crippen LogP contribution >= 0.6 is 0 Å². The standard InChI is InChI=1S/C21H27NO2/c23-20-14-8-7-13-19(21(20)24)22(15-17-9-3-1-4-10-17)16-18-11-5-2-6-12-18/h1-6,9-12,19-21,23-24H,7-8,13-16H2/t19-,20+,21-/m1/s1. The molecule has 1 aliphatic carbocycles. The van der Waals surface area contributed by atoms with Gasteiger partial charge in [-0.1, -0.05) is 73.5 Å². The second kappa shape index (κ2) is 8.43. The summed E-state index contributed by atoms with van der Waals surface area (Å²) in [6.07, 6.45) is 2.37. The summed E-state index contributed by atoms with van der Waals surface area (Å²) in [4.78, 5) is 2.32. The van der Waals surface area contributed by atoms with Crippen molar-refractivity contribution in [2.75, 3.05) is 0 Å². The summed E-state index contributed by atoms with van der Waals surface area (Å²) >= 11 is 0. The van der Waals surface area contributed by atoms with E-state index in [1.54, 1.807) is 0 Å². The summed E-state index contributed by atoms with van der Waals surface area (Å²) < 4.78 is 0. The normalized spacial score (nSPS) is 24.7. The first-order chi connectivity index (χ1) is 11.7. The van der Waals surface area contributed by atoms with E-state index in [0.29, 0.717) is 6.42 Å². The summed E-state index contributed by atoms with van der Waals surface area (Å²) in [5, 5.41) is 20.9. The van der Waals surface area contributed by atoms with Crippen LogP contribution in [0.3, 0.4) is 0 Å². The molecule has 1 aliphatic rings. The number of aliphatic hydroxyl groups is 2. The van der Waals surface area contributed by atoms with Crippen molar-refractivity contribution in [1.29, 1.82) is 0 Å². The Labute approximate surface area is 144 Å². The number of nitrogens with zero attached hydrogens (tertiary/aromatic N) is 1. The van der Waals surface area contributed by atoms with Crippen LogP contribution in [-0.2, 0) is 13.1 Å². The molecule has 3 atom stereocenters. The third kappa shape index (κ3) is 4.44. The molecule has 0 aromatic heterocycles. The average molecular weight is 325 g/mol. The van der Waals surface area contributed by atoms with E-state index in [1.807, 2.05) is 36.4 Å². The van der Waals surface area contributed by atoms with E-state index >= 15 is 0 Å². The lowest BCUT2D eigenvalue weighted by molar-refractivity contribution is -0.0407. The maximum Gasteiger partial charge on any atom is 0.0953 e. The predicted molar refractivity (Wildman–Crippen MR) is 96.4 cm³/mol. The largest absolute Gasteiger partial charge is 0.390 e. The Morgan fingerprint density at radius 1 is 0.750 bits per heavy atom. The van der Waals surface area contributed by atoms with Gasteiger partial charge in [-0.05, 0) is 24.0 Å². The van der Waals surface area contributed by atoms with Crippen molar-refractivity contribution in [3.8, 4) is 0 Å². The van der Waals surface area contributed by atoms with E-state index in [4.69, 9.17) is 0 Å².